The van der Waals surface area contributed by atoms with Crippen LogP contribution in [-0.2, 0) is 9.53 Å². The second-order valence-corrected chi connectivity index (χ2v) is 3.55. The van der Waals surface area contributed by atoms with E-state index >= 15 is 0 Å². The van der Waals surface area contributed by atoms with Crippen LogP contribution in [0.3, 0.4) is 0 Å². The molecule has 1 N–H and O–H groups in total. The lowest BCUT2D eigenvalue weighted by atomic mass is 10.1. The van der Waals surface area contributed by atoms with Gasteiger partial charge in [0.15, 0.2) is 0 Å². The largest absolute Gasteiger partial charge is 0.481 e. The zero-order valence-electron chi connectivity index (χ0n) is 6.50. The van der Waals surface area contributed by atoms with Gasteiger partial charge in [-0.25, -0.2) is 0 Å². The van der Waals surface area contributed by atoms with Crippen molar-refractivity contribution in [3.05, 3.63) is 0 Å². The first-order valence-electron chi connectivity index (χ1n) is 3.42. The van der Waals surface area contributed by atoms with Gasteiger partial charge < -0.3 is 9.84 Å². The summed E-state index contributed by atoms with van der Waals surface area (Å²) in [6, 6.07) is 0.0673. The Bertz CT molecular complexity index is 179. The van der Waals surface area contributed by atoms with Gasteiger partial charge in [0, 0.05) is 5.41 Å². The van der Waals surface area contributed by atoms with Gasteiger partial charge in [0.2, 0.25) is 0 Å². The van der Waals surface area contributed by atoms with Crippen LogP contribution in [0.25, 0.3) is 0 Å². The lowest BCUT2D eigenvalue weighted by Gasteiger charge is -1.98. The van der Waals surface area contributed by atoms with E-state index in [9.17, 15) is 4.79 Å². The SMILES string of the molecule is CC1(C)C(OCCl)C1C(=O)O. The van der Waals surface area contributed by atoms with Crippen molar-refractivity contribution in [2.24, 2.45) is 11.3 Å². The number of halogens is 1. The third-order valence-electron chi connectivity index (χ3n) is 2.24. The van der Waals surface area contributed by atoms with E-state index in [1.807, 2.05) is 13.8 Å². The summed E-state index contributed by atoms with van der Waals surface area (Å²) >= 11 is 5.32. The van der Waals surface area contributed by atoms with Crippen molar-refractivity contribution in [3.8, 4) is 0 Å². The van der Waals surface area contributed by atoms with Gasteiger partial charge in [-0.15, -0.1) is 0 Å². The average molecular weight is 179 g/mol. The van der Waals surface area contributed by atoms with Crippen molar-refractivity contribution in [1.29, 1.82) is 0 Å². The van der Waals surface area contributed by atoms with E-state index in [-0.39, 0.29) is 23.5 Å². The van der Waals surface area contributed by atoms with Crippen molar-refractivity contribution >= 4 is 17.6 Å². The number of hydrogen-bond acceptors (Lipinski definition) is 2. The summed E-state index contributed by atoms with van der Waals surface area (Å²) in [7, 11) is 0. The van der Waals surface area contributed by atoms with E-state index < -0.39 is 5.97 Å². The second-order valence-electron chi connectivity index (χ2n) is 3.33. The minimum Gasteiger partial charge on any atom is -0.481 e. The lowest BCUT2D eigenvalue weighted by molar-refractivity contribution is -0.140. The standard InChI is InChI=1S/C7H11ClO3/c1-7(2)4(6(9)10)5(7)11-3-8/h4-5H,3H2,1-2H3,(H,9,10). The van der Waals surface area contributed by atoms with E-state index in [4.69, 9.17) is 21.4 Å². The highest BCUT2D eigenvalue weighted by molar-refractivity contribution is 6.17. The van der Waals surface area contributed by atoms with Crippen molar-refractivity contribution in [3.63, 3.8) is 0 Å². The molecular formula is C7H11ClO3. The number of carboxylic acids is 1. The van der Waals surface area contributed by atoms with Crippen LogP contribution in [0, 0.1) is 11.3 Å². The molecule has 0 radical (unpaired) electrons. The molecule has 0 aromatic heterocycles. The molecule has 1 aliphatic rings. The van der Waals surface area contributed by atoms with Gasteiger partial charge in [-0.1, -0.05) is 25.4 Å². The molecule has 0 amide bonds. The maximum absolute atomic E-state index is 10.5. The van der Waals surface area contributed by atoms with Gasteiger partial charge in [0.25, 0.3) is 0 Å². The molecule has 1 rings (SSSR count). The zero-order chi connectivity index (χ0) is 8.65. The van der Waals surface area contributed by atoms with Gasteiger partial charge in [-0.3, -0.25) is 4.79 Å². The van der Waals surface area contributed by atoms with Crippen LogP contribution in [0.5, 0.6) is 0 Å². The fraction of sp³-hybridized carbons (Fsp3) is 0.857. The van der Waals surface area contributed by atoms with Crippen LogP contribution >= 0.6 is 11.6 Å². The molecule has 11 heavy (non-hydrogen) atoms. The van der Waals surface area contributed by atoms with Crippen LogP contribution in [0.1, 0.15) is 13.8 Å². The Morgan fingerprint density at radius 3 is 2.55 bits per heavy atom. The van der Waals surface area contributed by atoms with Gasteiger partial charge >= 0.3 is 5.97 Å². The Labute approximate surface area is 70.3 Å². The Morgan fingerprint density at radius 1 is 1.73 bits per heavy atom. The van der Waals surface area contributed by atoms with E-state index in [2.05, 4.69) is 0 Å². The molecule has 1 saturated carbocycles. The first-order valence-corrected chi connectivity index (χ1v) is 3.95. The highest BCUT2D eigenvalue weighted by Gasteiger charge is 2.63. The monoisotopic (exact) mass is 178 g/mol. The summed E-state index contributed by atoms with van der Waals surface area (Å²) in [6.07, 6.45) is -0.211. The highest BCUT2D eigenvalue weighted by atomic mass is 35.5. The molecule has 0 bridgehead atoms. The molecule has 3 nitrogen and oxygen atoms in total. The summed E-state index contributed by atoms with van der Waals surface area (Å²) in [5.41, 5.74) is -0.249. The Hall–Kier alpha value is -0.280. The first-order chi connectivity index (χ1) is 5.01. The molecule has 1 aliphatic carbocycles. The summed E-state index contributed by atoms with van der Waals surface area (Å²) in [5, 5.41) is 8.66. The number of carbonyl (C=O) groups is 1. The number of rotatable bonds is 3. The summed E-state index contributed by atoms with van der Waals surface area (Å²) in [5.74, 6) is -1.19. The Kier molecular flexibility index (Phi) is 2.12. The summed E-state index contributed by atoms with van der Waals surface area (Å²) in [6.45, 7) is 3.73. The number of carboxylic acid groups (broad SMARTS) is 1. The van der Waals surface area contributed by atoms with Crippen LogP contribution in [0.4, 0.5) is 0 Å². The maximum atomic E-state index is 10.5. The normalized spacial score (nSPS) is 33.4. The smallest absolute Gasteiger partial charge is 0.309 e. The zero-order valence-corrected chi connectivity index (χ0v) is 7.26. The minimum absolute atomic E-state index is 0.0673. The molecule has 0 aromatic carbocycles. The average Bonchev–Trinajstić information content (AvgIpc) is 2.35. The number of alkyl halides is 1. The van der Waals surface area contributed by atoms with Crippen LogP contribution in [0.15, 0.2) is 0 Å². The molecule has 4 heteroatoms. The van der Waals surface area contributed by atoms with Crippen LogP contribution in [0.2, 0.25) is 0 Å². The predicted octanol–water partition coefficient (Wildman–Crippen LogP) is 1.31. The number of hydrogen-bond donors (Lipinski definition) is 1. The van der Waals surface area contributed by atoms with Gasteiger partial charge in [0.05, 0.1) is 12.0 Å². The number of aliphatic carboxylic acids is 1. The molecule has 64 valence electrons. The quantitative estimate of drug-likeness (QED) is 0.663. The van der Waals surface area contributed by atoms with Gasteiger partial charge in [0.1, 0.15) is 6.07 Å². The molecule has 0 aliphatic heterocycles. The lowest BCUT2D eigenvalue weighted by Crippen LogP contribution is -2.04. The highest BCUT2D eigenvalue weighted by Crippen LogP contribution is 2.54. The molecular weight excluding hydrogens is 168 g/mol. The van der Waals surface area contributed by atoms with Crippen molar-refractivity contribution in [2.45, 2.75) is 20.0 Å². The third kappa shape index (κ3) is 1.35. The maximum Gasteiger partial charge on any atom is 0.309 e. The molecule has 0 spiro atoms. The Balaban J connectivity index is 2.53. The molecule has 0 aromatic rings. The fourth-order valence-electron chi connectivity index (χ4n) is 1.42. The van der Waals surface area contributed by atoms with Gasteiger partial charge in [-0.2, -0.15) is 0 Å². The van der Waals surface area contributed by atoms with E-state index in [0.717, 1.165) is 0 Å². The fourth-order valence-corrected chi connectivity index (χ4v) is 1.55. The van der Waals surface area contributed by atoms with Crippen LogP contribution in [-0.4, -0.2) is 23.2 Å². The molecule has 2 atom stereocenters. The van der Waals surface area contributed by atoms with Crippen molar-refractivity contribution in [2.75, 3.05) is 6.07 Å². The predicted molar refractivity (Wildman–Crippen MR) is 40.5 cm³/mol. The van der Waals surface area contributed by atoms with E-state index in [1.165, 1.54) is 0 Å². The summed E-state index contributed by atoms with van der Waals surface area (Å²) in [4.78, 5) is 10.5. The molecule has 0 heterocycles. The van der Waals surface area contributed by atoms with Crippen molar-refractivity contribution in [1.82, 2.24) is 0 Å². The molecule has 1 fully saturated rings. The molecule has 2 unspecified atom stereocenters. The second kappa shape index (κ2) is 2.64. The van der Waals surface area contributed by atoms with E-state index in [0.29, 0.717) is 0 Å². The van der Waals surface area contributed by atoms with Crippen LogP contribution < -0.4 is 0 Å². The van der Waals surface area contributed by atoms with E-state index in [1.54, 1.807) is 0 Å². The van der Waals surface area contributed by atoms with Crippen molar-refractivity contribution < 1.29 is 14.6 Å². The third-order valence-corrected chi connectivity index (χ3v) is 2.36. The summed E-state index contributed by atoms with van der Waals surface area (Å²) < 4.78 is 5.03. The minimum atomic E-state index is -0.801. The number of ether oxygens (including phenoxy) is 1. The topological polar surface area (TPSA) is 46.5 Å². The first kappa shape index (κ1) is 8.81. The Morgan fingerprint density at radius 2 is 2.27 bits per heavy atom. The molecule has 0 saturated heterocycles. The van der Waals surface area contributed by atoms with Gasteiger partial charge in [-0.05, 0) is 0 Å².